The molecular weight excluding hydrogens is 577 g/mol. The van der Waals surface area contributed by atoms with E-state index in [1.165, 1.54) is 12.0 Å². The smallest absolute Gasteiger partial charge is 0.331 e. The molecule has 0 N–H and O–H groups in total. The highest BCUT2D eigenvalue weighted by Crippen LogP contribution is 2.46. The van der Waals surface area contributed by atoms with E-state index in [0.29, 0.717) is 35.0 Å². The predicted octanol–water partition coefficient (Wildman–Crippen LogP) is 8.27. The molecule has 9 heteroatoms. The zero-order valence-electron chi connectivity index (χ0n) is 26.9. The predicted molar refractivity (Wildman–Crippen MR) is 171 cm³/mol. The first-order valence-electron chi connectivity index (χ1n) is 15.1. The van der Waals surface area contributed by atoms with E-state index in [9.17, 15) is 9.59 Å². The van der Waals surface area contributed by atoms with Crippen molar-refractivity contribution in [2.45, 2.75) is 105 Å². The zero-order chi connectivity index (χ0) is 31.9. The first-order chi connectivity index (χ1) is 20.1. The fourth-order valence-electron chi connectivity index (χ4n) is 4.93. The lowest BCUT2D eigenvalue weighted by Gasteiger charge is -2.61. The van der Waals surface area contributed by atoms with Crippen LogP contribution in [-0.4, -0.2) is 55.3 Å². The molecule has 2 fully saturated rings. The van der Waals surface area contributed by atoms with Crippen LogP contribution >= 0.6 is 23.2 Å². The molecule has 2 aliphatic heterocycles. The molecule has 3 rings (SSSR count). The van der Waals surface area contributed by atoms with Gasteiger partial charge in [0.05, 0.1) is 13.0 Å². The number of piperidine rings is 1. The molecule has 2 heterocycles. The molecule has 1 aromatic rings. The Labute approximate surface area is 263 Å². The Bertz CT molecular complexity index is 1040. The Kier molecular flexibility index (Phi) is 17.2. The molecule has 0 amide bonds. The van der Waals surface area contributed by atoms with Gasteiger partial charge in [-0.2, -0.15) is 0 Å². The number of carbonyl (C=O) groups excluding carboxylic acids is 2. The molecule has 2 aliphatic rings. The fourth-order valence-corrected chi connectivity index (χ4v) is 5.28. The van der Waals surface area contributed by atoms with Crippen LogP contribution in [0.4, 0.5) is 0 Å². The van der Waals surface area contributed by atoms with Crippen molar-refractivity contribution < 1.29 is 28.5 Å². The van der Waals surface area contributed by atoms with E-state index in [0.717, 1.165) is 37.8 Å². The van der Waals surface area contributed by atoms with Gasteiger partial charge in [0.25, 0.3) is 6.47 Å². The maximum absolute atomic E-state index is 13.2. The van der Waals surface area contributed by atoms with Crippen molar-refractivity contribution in [2.75, 3.05) is 20.3 Å². The summed E-state index contributed by atoms with van der Waals surface area (Å²) in [5.41, 5.74) is 1.54. The molecule has 42 heavy (non-hydrogen) atoms. The normalized spacial score (nSPS) is 21.1. The van der Waals surface area contributed by atoms with Gasteiger partial charge in [-0.15, -0.1) is 0 Å². The van der Waals surface area contributed by atoms with Gasteiger partial charge in [-0.1, -0.05) is 83.3 Å². The number of fused-ring (bicyclic) bond motifs is 1. The van der Waals surface area contributed by atoms with Crippen LogP contribution in [0.15, 0.2) is 40.6 Å². The lowest BCUT2D eigenvalue weighted by molar-refractivity contribution is -0.186. The van der Waals surface area contributed by atoms with Crippen molar-refractivity contribution in [3.8, 4) is 11.5 Å². The topological polar surface area (TPSA) is 74.3 Å². The van der Waals surface area contributed by atoms with Crippen LogP contribution < -0.4 is 9.47 Å². The van der Waals surface area contributed by atoms with Crippen molar-refractivity contribution in [2.24, 2.45) is 11.8 Å². The minimum Gasteiger partial charge on any atom is -0.496 e. The number of ether oxygens (including phenoxy) is 4. The van der Waals surface area contributed by atoms with Gasteiger partial charge in [-0.3, -0.25) is 9.69 Å². The number of allylic oxidation sites excluding steroid dienone is 1. The number of esters is 1. The number of hydrogen-bond donors (Lipinski definition) is 0. The molecule has 0 bridgehead atoms. The minimum absolute atomic E-state index is 0.0826. The van der Waals surface area contributed by atoms with Crippen LogP contribution in [0.3, 0.4) is 0 Å². The van der Waals surface area contributed by atoms with E-state index in [4.69, 9.17) is 42.1 Å². The summed E-state index contributed by atoms with van der Waals surface area (Å²) in [5.74, 6) is 0.718. The third kappa shape index (κ3) is 9.92. The number of carbonyl (C=O) groups is 2. The van der Waals surface area contributed by atoms with E-state index < -0.39 is 23.5 Å². The van der Waals surface area contributed by atoms with Crippen LogP contribution in [0.2, 0.25) is 0 Å². The highest BCUT2D eigenvalue weighted by Gasteiger charge is 2.59. The molecule has 0 aromatic heterocycles. The van der Waals surface area contributed by atoms with Gasteiger partial charge in [-0.05, 0) is 57.1 Å². The molecule has 7 nitrogen and oxygen atoms in total. The number of methoxy groups -OCH3 is 1. The average molecular weight is 629 g/mol. The van der Waals surface area contributed by atoms with Crippen LogP contribution in [0, 0.1) is 11.8 Å². The number of nitrogens with zero attached hydrogens (tertiary/aromatic N) is 1. The van der Waals surface area contributed by atoms with Gasteiger partial charge in [0, 0.05) is 29.2 Å². The Morgan fingerprint density at radius 3 is 2.36 bits per heavy atom. The second-order valence-corrected chi connectivity index (χ2v) is 11.5. The van der Waals surface area contributed by atoms with E-state index in [-0.39, 0.29) is 12.4 Å². The summed E-state index contributed by atoms with van der Waals surface area (Å²) < 4.78 is 22.9. The number of halogens is 2. The number of aryl methyl sites for hydroxylation is 1. The maximum atomic E-state index is 13.2. The molecule has 2 saturated heterocycles. The Morgan fingerprint density at radius 1 is 1.24 bits per heavy atom. The third-order valence-corrected chi connectivity index (χ3v) is 8.01. The van der Waals surface area contributed by atoms with Gasteiger partial charge in [0.2, 0.25) is 0 Å². The first kappa shape index (κ1) is 37.8. The Balaban J connectivity index is 0.00000165. The standard InChI is InChI=1S/C28H37Cl2NO6.C3H8.C2H6/c1-6-23(30)22(16-35-17-32)26(25(15-29)37-27(33)28(4)14-20-11-12-31(20)28)36-21-10-9-19(8-7-18(2)3)24(13-21)34-5;1-3-2;1-2/h6,9-10,13,15,17-18,20,22,26H,7-8,11-12,14,16H2,1-5H3;3H2,1-2H3;1-2H3/b23-6-,25-15-;;/t20-,22?,26?,28-;;/m1../s1. The van der Waals surface area contributed by atoms with Gasteiger partial charge < -0.3 is 18.9 Å². The van der Waals surface area contributed by atoms with Crippen LogP contribution in [0.1, 0.15) is 86.6 Å². The largest absolute Gasteiger partial charge is 0.496 e. The van der Waals surface area contributed by atoms with E-state index in [1.807, 2.05) is 32.9 Å². The van der Waals surface area contributed by atoms with Crippen molar-refractivity contribution in [3.63, 3.8) is 0 Å². The summed E-state index contributed by atoms with van der Waals surface area (Å²) in [6.07, 6.45) is 5.68. The zero-order valence-corrected chi connectivity index (χ0v) is 28.4. The second kappa shape index (κ2) is 19.1. The molecule has 4 atom stereocenters. The van der Waals surface area contributed by atoms with Crippen LogP contribution in [0.5, 0.6) is 11.5 Å². The van der Waals surface area contributed by atoms with Crippen molar-refractivity contribution in [1.29, 1.82) is 0 Å². The quantitative estimate of drug-likeness (QED) is 0.117. The number of rotatable bonds is 14. The van der Waals surface area contributed by atoms with Crippen molar-refractivity contribution in [3.05, 3.63) is 46.2 Å². The first-order valence-corrected chi connectivity index (χ1v) is 15.9. The summed E-state index contributed by atoms with van der Waals surface area (Å²) in [5, 5.41) is 0.372. The number of benzene rings is 1. The van der Waals surface area contributed by atoms with Crippen LogP contribution in [-0.2, 0) is 25.5 Å². The highest BCUT2D eigenvalue weighted by atomic mass is 35.5. The molecule has 0 spiro atoms. The maximum Gasteiger partial charge on any atom is 0.331 e. The lowest BCUT2D eigenvalue weighted by atomic mass is 9.72. The fraction of sp³-hybridized carbons (Fsp3) is 0.636. The molecule has 238 valence electrons. The summed E-state index contributed by atoms with van der Waals surface area (Å²) in [6.45, 7) is 17.3. The van der Waals surface area contributed by atoms with Crippen molar-refractivity contribution in [1.82, 2.24) is 4.90 Å². The lowest BCUT2D eigenvalue weighted by Crippen LogP contribution is -2.74. The monoisotopic (exact) mass is 627 g/mol. The Morgan fingerprint density at radius 2 is 1.90 bits per heavy atom. The SMILES string of the molecule is C/C=C(\Cl)C(COC=O)C(Oc1ccc(CCC(C)C)c(OC)c1)/C(=C/Cl)OC(=O)[C@@]1(C)C[C@H]2CCN21.CC.CCC. The molecule has 0 aliphatic carbocycles. The van der Waals surface area contributed by atoms with Gasteiger partial charge in [-0.25, -0.2) is 4.79 Å². The van der Waals surface area contributed by atoms with E-state index >= 15 is 0 Å². The summed E-state index contributed by atoms with van der Waals surface area (Å²) in [6, 6.07) is 6.01. The summed E-state index contributed by atoms with van der Waals surface area (Å²) >= 11 is 12.8. The molecular formula is C33H51Cl2NO6. The third-order valence-electron chi connectivity index (χ3n) is 7.30. The van der Waals surface area contributed by atoms with Gasteiger partial charge in [0.1, 0.15) is 23.6 Å². The summed E-state index contributed by atoms with van der Waals surface area (Å²) in [7, 11) is 1.61. The molecule has 2 unspecified atom stereocenters. The molecule has 0 radical (unpaired) electrons. The average Bonchev–Trinajstić information content (AvgIpc) is 2.98. The number of hydrogen-bond acceptors (Lipinski definition) is 7. The highest BCUT2D eigenvalue weighted by molar-refractivity contribution is 6.30. The van der Waals surface area contributed by atoms with E-state index in [1.54, 1.807) is 26.2 Å². The van der Waals surface area contributed by atoms with Gasteiger partial charge in [0.15, 0.2) is 11.9 Å². The molecule has 1 aromatic carbocycles. The Hall–Kier alpha value is -2.22. The second-order valence-electron chi connectivity index (χ2n) is 10.9. The van der Waals surface area contributed by atoms with Gasteiger partial charge >= 0.3 is 5.97 Å². The van der Waals surface area contributed by atoms with E-state index in [2.05, 4.69) is 32.6 Å². The summed E-state index contributed by atoms with van der Waals surface area (Å²) in [4.78, 5) is 26.4. The van der Waals surface area contributed by atoms with Crippen molar-refractivity contribution >= 4 is 35.6 Å². The molecule has 0 saturated carbocycles. The van der Waals surface area contributed by atoms with Crippen LogP contribution in [0.25, 0.3) is 0 Å². The minimum atomic E-state index is -0.952.